The maximum absolute atomic E-state index is 12.8. The van der Waals surface area contributed by atoms with Gasteiger partial charge in [-0.3, -0.25) is 9.59 Å². The first-order valence-corrected chi connectivity index (χ1v) is 8.96. The van der Waals surface area contributed by atoms with E-state index in [9.17, 15) is 9.59 Å². The molecule has 1 aliphatic heterocycles. The molecule has 0 aromatic heterocycles. The fourth-order valence-corrected chi connectivity index (χ4v) is 3.49. The molecule has 3 rings (SSSR count). The molecular formula is C18H15Cl3N2O3. The van der Waals surface area contributed by atoms with Crippen LogP contribution in [0.1, 0.15) is 18.5 Å². The molecule has 26 heavy (non-hydrogen) atoms. The highest BCUT2D eigenvalue weighted by Crippen LogP contribution is 2.44. The second-order valence-electron chi connectivity index (χ2n) is 5.72. The molecule has 0 saturated heterocycles. The van der Waals surface area contributed by atoms with Gasteiger partial charge in [-0.1, -0.05) is 34.8 Å². The van der Waals surface area contributed by atoms with Crippen LogP contribution < -0.4 is 15.0 Å². The van der Waals surface area contributed by atoms with Crippen molar-refractivity contribution < 1.29 is 14.3 Å². The molecule has 5 nitrogen and oxygen atoms in total. The quantitative estimate of drug-likeness (QED) is 0.797. The third-order valence-electron chi connectivity index (χ3n) is 3.93. The number of fused-ring (bicyclic) bond motifs is 1. The lowest BCUT2D eigenvalue weighted by molar-refractivity contribution is -0.126. The maximum atomic E-state index is 12.8. The first-order chi connectivity index (χ1) is 12.4. The van der Waals surface area contributed by atoms with Gasteiger partial charge in [0.05, 0.1) is 17.3 Å². The normalized spacial score (nSPS) is 15.8. The van der Waals surface area contributed by atoms with E-state index in [0.717, 1.165) is 0 Å². The predicted molar refractivity (Wildman–Crippen MR) is 102 cm³/mol. The highest BCUT2D eigenvalue weighted by Gasteiger charge is 2.40. The van der Waals surface area contributed by atoms with E-state index in [-0.39, 0.29) is 25.0 Å². The van der Waals surface area contributed by atoms with Crippen molar-refractivity contribution in [2.75, 3.05) is 18.1 Å². The summed E-state index contributed by atoms with van der Waals surface area (Å²) in [7, 11) is 0. The first kappa shape index (κ1) is 18.8. The van der Waals surface area contributed by atoms with Crippen molar-refractivity contribution in [3.63, 3.8) is 0 Å². The van der Waals surface area contributed by atoms with Gasteiger partial charge in [0.15, 0.2) is 0 Å². The SMILES string of the molecule is CC(=O)NC1C(=O)N(CCOc2ccc(Cl)cc2)c2c(Cl)ccc(Cl)c21. The monoisotopic (exact) mass is 412 g/mol. The molecule has 0 bridgehead atoms. The molecule has 1 N–H and O–H groups in total. The number of hydrogen-bond acceptors (Lipinski definition) is 3. The predicted octanol–water partition coefficient (Wildman–Crippen LogP) is 4.25. The molecule has 136 valence electrons. The maximum Gasteiger partial charge on any atom is 0.254 e. The second-order valence-corrected chi connectivity index (χ2v) is 6.97. The van der Waals surface area contributed by atoms with Crippen LogP contribution in [0, 0.1) is 0 Å². The van der Waals surface area contributed by atoms with Crippen LogP contribution in [0.4, 0.5) is 5.69 Å². The van der Waals surface area contributed by atoms with Gasteiger partial charge in [0.2, 0.25) is 5.91 Å². The Labute approximate surface area is 165 Å². The van der Waals surface area contributed by atoms with Crippen molar-refractivity contribution in [1.29, 1.82) is 0 Å². The zero-order valence-electron chi connectivity index (χ0n) is 13.8. The van der Waals surface area contributed by atoms with Gasteiger partial charge in [-0.25, -0.2) is 0 Å². The van der Waals surface area contributed by atoms with Gasteiger partial charge in [-0.15, -0.1) is 0 Å². The van der Waals surface area contributed by atoms with Crippen molar-refractivity contribution in [2.45, 2.75) is 13.0 Å². The number of nitrogens with one attached hydrogen (secondary N) is 1. The molecule has 0 fully saturated rings. The Balaban J connectivity index is 1.81. The summed E-state index contributed by atoms with van der Waals surface area (Å²) >= 11 is 18.4. The molecular weight excluding hydrogens is 399 g/mol. The highest BCUT2D eigenvalue weighted by atomic mass is 35.5. The van der Waals surface area contributed by atoms with Gasteiger partial charge in [0, 0.05) is 22.5 Å². The van der Waals surface area contributed by atoms with Gasteiger partial charge in [0.25, 0.3) is 5.91 Å². The molecule has 0 aliphatic carbocycles. The molecule has 2 aromatic rings. The average molecular weight is 414 g/mol. The third kappa shape index (κ3) is 3.75. The molecule has 0 radical (unpaired) electrons. The van der Waals surface area contributed by atoms with E-state index in [1.165, 1.54) is 11.8 Å². The Morgan fingerprint density at radius 2 is 1.77 bits per heavy atom. The number of anilines is 1. The Morgan fingerprint density at radius 3 is 2.42 bits per heavy atom. The molecule has 1 unspecified atom stereocenters. The highest BCUT2D eigenvalue weighted by molar-refractivity contribution is 6.38. The van der Waals surface area contributed by atoms with E-state index in [1.54, 1.807) is 36.4 Å². The van der Waals surface area contributed by atoms with E-state index in [1.807, 2.05) is 0 Å². The van der Waals surface area contributed by atoms with Gasteiger partial charge in [0.1, 0.15) is 18.4 Å². The first-order valence-electron chi connectivity index (χ1n) is 7.83. The second kappa shape index (κ2) is 7.74. The van der Waals surface area contributed by atoms with Crippen LogP contribution >= 0.6 is 34.8 Å². The van der Waals surface area contributed by atoms with Crippen LogP contribution in [0.3, 0.4) is 0 Å². The Hall–Kier alpha value is -1.95. The van der Waals surface area contributed by atoms with Gasteiger partial charge in [-0.05, 0) is 36.4 Å². The summed E-state index contributed by atoms with van der Waals surface area (Å²) in [4.78, 5) is 25.8. The van der Waals surface area contributed by atoms with E-state index >= 15 is 0 Å². The van der Waals surface area contributed by atoms with Crippen molar-refractivity contribution in [1.82, 2.24) is 5.32 Å². The minimum Gasteiger partial charge on any atom is -0.492 e. The average Bonchev–Trinajstić information content (AvgIpc) is 2.86. The van der Waals surface area contributed by atoms with Crippen molar-refractivity contribution in [3.05, 3.63) is 57.0 Å². The lowest BCUT2D eigenvalue weighted by Crippen LogP contribution is -2.38. The summed E-state index contributed by atoms with van der Waals surface area (Å²) in [6, 6.07) is 9.30. The van der Waals surface area contributed by atoms with Crippen LogP contribution in [0.5, 0.6) is 5.75 Å². The van der Waals surface area contributed by atoms with Crippen LogP contribution in [0.15, 0.2) is 36.4 Å². The molecule has 2 amide bonds. The lowest BCUT2D eigenvalue weighted by Gasteiger charge is -2.19. The lowest BCUT2D eigenvalue weighted by atomic mass is 10.1. The Kier molecular flexibility index (Phi) is 5.61. The summed E-state index contributed by atoms with van der Waals surface area (Å²) in [5.41, 5.74) is 1.01. The number of ether oxygens (including phenoxy) is 1. The number of amides is 2. The molecule has 1 heterocycles. The summed E-state index contributed by atoms with van der Waals surface area (Å²) < 4.78 is 5.66. The summed E-state index contributed by atoms with van der Waals surface area (Å²) in [5, 5.41) is 4.00. The fourth-order valence-electron chi connectivity index (χ4n) is 2.84. The number of carbonyl (C=O) groups is 2. The van der Waals surface area contributed by atoms with E-state index < -0.39 is 6.04 Å². The summed E-state index contributed by atoms with van der Waals surface area (Å²) in [5.74, 6) is 0.00591. The molecule has 0 spiro atoms. The van der Waals surface area contributed by atoms with Crippen LogP contribution in [0.2, 0.25) is 15.1 Å². The smallest absolute Gasteiger partial charge is 0.254 e. The minimum absolute atomic E-state index is 0.239. The van der Waals surface area contributed by atoms with E-state index in [4.69, 9.17) is 39.5 Å². The molecule has 8 heteroatoms. The van der Waals surface area contributed by atoms with Gasteiger partial charge < -0.3 is 15.0 Å². The zero-order valence-corrected chi connectivity index (χ0v) is 16.0. The number of hydrogen-bond donors (Lipinski definition) is 1. The van der Waals surface area contributed by atoms with E-state index in [0.29, 0.717) is 32.1 Å². The Bertz CT molecular complexity index is 856. The molecule has 1 aliphatic rings. The minimum atomic E-state index is -0.857. The summed E-state index contributed by atoms with van der Waals surface area (Å²) in [6.45, 7) is 1.84. The van der Waals surface area contributed by atoms with Gasteiger partial charge >= 0.3 is 0 Å². The van der Waals surface area contributed by atoms with Crippen molar-refractivity contribution >= 4 is 52.3 Å². The van der Waals surface area contributed by atoms with Crippen LogP contribution in [-0.2, 0) is 9.59 Å². The number of benzene rings is 2. The molecule has 1 atom stereocenters. The fraction of sp³-hybridized carbons (Fsp3) is 0.222. The largest absolute Gasteiger partial charge is 0.492 e. The number of carbonyl (C=O) groups excluding carboxylic acids is 2. The third-order valence-corrected chi connectivity index (χ3v) is 4.82. The topological polar surface area (TPSA) is 58.6 Å². The zero-order chi connectivity index (χ0) is 18.8. The van der Waals surface area contributed by atoms with Crippen LogP contribution in [0.25, 0.3) is 0 Å². The number of rotatable bonds is 5. The van der Waals surface area contributed by atoms with E-state index in [2.05, 4.69) is 5.32 Å². The van der Waals surface area contributed by atoms with Crippen molar-refractivity contribution in [2.24, 2.45) is 0 Å². The number of halogens is 3. The number of nitrogens with zero attached hydrogens (tertiary/aromatic N) is 1. The standard InChI is InChI=1S/C18H15Cl3N2O3/c1-10(24)22-16-15-13(20)6-7-14(21)17(15)23(18(16)25)8-9-26-12-4-2-11(19)3-5-12/h2-7,16H,8-9H2,1H3,(H,22,24). The van der Waals surface area contributed by atoms with Crippen LogP contribution in [-0.4, -0.2) is 25.0 Å². The molecule has 0 saturated carbocycles. The Morgan fingerprint density at radius 1 is 1.12 bits per heavy atom. The van der Waals surface area contributed by atoms with Crippen molar-refractivity contribution in [3.8, 4) is 5.75 Å². The van der Waals surface area contributed by atoms with Gasteiger partial charge in [-0.2, -0.15) is 0 Å². The molecule has 2 aromatic carbocycles. The summed E-state index contributed by atoms with van der Waals surface area (Å²) in [6.07, 6.45) is 0.